The van der Waals surface area contributed by atoms with Gasteiger partial charge in [-0.2, -0.15) is 0 Å². The predicted octanol–water partition coefficient (Wildman–Crippen LogP) is 2.83. The van der Waals surface area contributed by atoms with Crippen LogP contribution >= 0.6 is 11.6 Å². The lowest BCUT2D eigenvalue weighted by molar-refractivity contribution is -0.126. The third kappa shape index (κ3) is 2.27. The summed E-state index contributed by atoms with van der Waals surface area (Å²) in [4.78, 5) is 40.3. The first-order valence-electron chi connectivity index (χ1n) is 8.87. The van der Waals surface area contributed by atoms with Gasteiger partial charge in [0.1, 0.15) is 11.9 Å². The van der Waals surface area contributed by atoms with Crippen LogP contribution in [0.4, 0.5) is 10.1 Å². The minimum atomic E-state index is -0.907. The molecule has 1 N–H and O–H groups in total. The maximum absolute atomic E-state index is 13.7. The summed E-state index contributed by atoms with van der Waals surface area (Å²) in [5, 5.41) is 2.63. The number of fused-ring (bicyclic) bond motifs is 5. The molecule has 0 bridgehead atoms. The molecule has 2 aromatic carbocycles. The lowest BCUT2D eigenvalue weighted by atomic mass is 9.86. The Hall–Kier alpha value is -2.99. The summed E-state index contributed by atoms with van der Waals surface area (Å²) >= 11 is 6.23. The standard InChI is InChI=1S/C21H14ClFN2O3/c22-13-4-2-1-3-12(13)19(26)18-17-16(20(27)24-21(17)28)15-7-5-10-9-11(23)6-8-14(10)25(15)18/h1-9,15-18H,(H,24,27,28)/t15-,16-,17+,18-/m0/s1. The van der Waals surface area contributed by atoms with Crippen molar-refractivity contribution >= 4 is 41.0 Å². The van der Waals surface area contributed by atoms with Crippen LogP contribution in [0.15, 0.2) is 48.5 Å². The number of benzene rings is 2. The molecule has 5 nitrogen and oxygen atoms in total. The lowest BCUT2D eigenvalue weighted by Crippen LogP contribution is -2.47. The van der Waals surface area contributed by atoms with E-state index in [0.717, 1.165) is 0 Å². The molecule has 0 unspecified atom stereocenters. The van der Waals surface area contributed by atoms with Crippen LogP contribution in [0.5, 0.6) is 0 Å². The van der Waals surface area contributed by atoms with Crippen LogP contribution in [0, 0.1) is 17.7 Å². The van der Waals surface area contributed by atoms with Crippen molar-refractivity contribution < 1.29 is 18.8 Å². The maximum atomic E-state index is 13.7. The van der Waals surface area contributed by atoms with Gasteiger partial charge in [-0.05, 0) is 30.3 Å². The van der Waals surface area contributed by atoms with Crippen molar-refractivity contribution in [3.8, 4) is 0 Å². The molecule has 28 heavy (non-hydrogen) atoms. The number of Topliss-reactive ketones (excluding diaryl/α,β-unsaturated/α-hetero) is 1. The van der Waals surface area contributed by atoms with Crippen LogP contribution < -0.4 is 10.2 Å². The number of imide groups is 1. The summed E-state index contributed by atoms with van der Waals surface area (Å²) in [5.41, 5.74) is 1.51. The van der Waals surface area contributed by atoms with Crippen molar-refractivity contribution in [2.24, 2.45) is 11.8 Å². The van der Waals surface area contributed by atoms with Crippen molar-refractivity contribution in [3.05, 3.63) is 70.5 Å². The van der Waals surface area contributed by atoms with Gasteiger partial charge in [-0.1, -0.05) is 35.9 Å². The Morgan fingerprint density at radius 3 is 2.61 bits per heavy atom. The summed E-state index contributed by atoms with van der Waals surface area (Å²) in [6.07, 6.45) is 3.49. The fraction of sp³-hybridized carbons (Fsp3) is 0.190. The van der Waals surface area contributed by atoms with E-state index in [-0.39, 0.29) is 10.8 Å². The predicted molar refractivity (Wildman–Crippen MR) is 101 cm³/mol. The Bertz CT molecular complexity index is 1080. The smallest absolute Gasteiger partial charge is 0.233 e. The number of hydrogen-bond acceptors (Lipinski definition) is 4. The third-order valence-electron chi connectivity index (χ3n) is 5.72. The molecule has 3 heterocycles. The van der Waals surface area contributed by atoms with E-state index < -0.39 is 41.6 Å². The maximum Gasteiger partial charge on any atom is 0.233 e. The van der Waals surface area contributed by atoms with E-state index in [1.807, 2.05) is 0 Å². The molecule has 0 saturated carbocycles. The van der Waals surface area contributed by atoms with E-state index in [9.17, 15) is 18.8 Å². The molecule has 0 spiro atoms. The van der Waals surface area contributed by atoms with Crippen molar-refractivity contribution in [2.45, 2.75) is 12.1 Å². The van der Waals surface area contributed by atoms with Gasteiger partial charge in [0.15, 0.2) is 5.78 Å². The van der Waals surface area contributed by atoms with E-state index in [1.54, 1.807) is 47.4 Å². The number of ketones is 1. The SMILES string of the molecule is O=C1NC(=O)[C@@H]2[C@@H]1[C@@H](C(=O)c1ccccc1Cl)N1c3ccc(F)cc3C=C[C@@H]21. The number of carbonyl (C=O) groups excluding carboxylic acids is 3. The summed E-state index contributed by atoms with van der Waals surface area (Å²) in [6.45, 7) is 0. The molecule has 3 aliphatic heterocycles. The highest BCUT2D eigenvalue weighted by molar-refractivity contribution is 6.34. The van der Waals surface area contributed by atoms with Gasteiger partial charge in [0.05, 0.1) is 22.9 Å². The Morgan fingerprint density at radius 2 is 1.82 bits per heavy atom. The van der Waals surface area contributed by atoms with Crippen LogP contribution in [-0.4, -0.2) is 29.7 Å². The van der Waals surface area contributed by atoms with Gasteiger partial charge in [-0.15, -0.1) is 0 Å². The van der Waals surface area contributed by atoms with Crippen LogP contribution in [0.2, 0.25) is 5.02 Å². The minimum absolute atomic E-state index is 0.282. The third-order valence-corrected chi connectivity index (χ3v) is 6.05. The van der Waals surface area contributed by atoms with E-state index >= 15 is 0 Å². The molecule has 2 saturated heterocycles. The van der Waals surface area contributed by atoms with Crippen molar-refractivity contribution in [1.29, 1.82) is 0 Å². The van der Waals surface area contributed by atoms with Gasteiger partial charge < -0.3 is 4.90 Å². The fourth-order valence-corrected chi connectivity index (χ4v) is 4.81. The fourth-order valence-electron chi connectivity index (χ4n) is 4.58. The van der Waals surface area contributed by atoms with Gasteiger partial charge in [-0.25, -0.2) is 4.39 Å². The molecule has 0 aliphatic carbocycles. The molecule has 0 radical (unpaired) electrons. The lowest BCUT2D eigenvalue weighted by Gasteiger charge is -2.35. The molecule has 3 aliphatic rings. The van der Waals surface area contributed by atoms with Crippen LogP contribution in [-0.2, 0) is 9.59 Å². The van der Waals surface area contributed by atoms with Gasteiger partial charge >= 0.3 is 0 Å². The zero-order valence-electron chi connectivity index (χ0n) is 14.4. The van der Waals surface area contributed by atoms with E-state index in [1.165, 1.54) is 12.1 Å². The summed E-state index contributed by atoms with van der Waals surface area (Å²) < 4.78 is 13.7. The molecular formula is C21H14ClFN2O3. The number of nitrogens with one attached hydrogen (secondary N) is 1. The second-order valence-electron chi connectivity index (χ2n) is 7.15. The van der Waals surface area contributed by atoms with Crippen LogP contribution in [0.3, 0.4) is 0 Å². The largest absolute Gasteiger partial charge is 0.352 e. The van der Waals surface area contributed by atoms with E-state index in [2.05, 4.69) is 5.32 Å². The monoisotopic (exact) mass is 396 g/mol. The van der Waals surface area contributed by atoms with Crippen LogP contribution in [0.25, 0.3) is 6.08 Å². The van der Waals surface area contributed by atoms with Crippen molar-refractivity contribution in [3.63, 3.8) is 0 Å². The molecule has 5 rings (SSSR count). The molecule has 0 aromatic heterocycles. The molecule has 4 atom stereocenters. The van der Waals surface area contributed by atoms with Gasteiger partial charge in [0.25, 0.3) is 0 Å². The summed E-state index contributed by atoms with van der Waals surface area (Å²) in [6, 6.07) is 9.51. The first-order valence-corrected chi connectivity index (χ1v) is 9.25. The Labute approximate surface area is 164 Å². The number of carbonyl (C=O) groups is 3. The second kappa shape index (κ2) is 6.01. The minimum Gasteiger partial charge on any atom is -0.352 e. The highest BCUT2D eigenvalue weighted by atomic mass is 35.5. The zero-order valence-corrected chi connectivity index (χ0v) is 15.2. The topological polar surface area (TPSA) is 66.5 Å². The number of hydrogen-bond donors (Lipinski definition) is 1. The number of nitrogens with zero attached hydrogens (tertiary/aromatic N) is 1. The van der Waals surface area contributed by atoms with Crippen LogP contribution in [0.1, 0.15) is 15.9 Å². The Balaban J connectivity index is 1.69. The molecule has 2 amide bonds. The van der Waals surface area contributed by atoms with E-state index in [0.29, 0.717) is 16.8 Å². The van der Waals surface area contributed by atoms with E-state index in [4.69, 9.17) is 11.6 Å². The molecule has 7 heteroatoms. The summed E-state index contributed by atoms with van der Waals surface area (Å²) in [5.74, 6) is -3.11. The van der Waals surface area contributed by atoms with Gasteiger partial charge in [0, 0.05) is 16.8 Å². The van der Waals surface area contributed by atoms with Gasteiger partial charge in [0.2, 0.25) is 11.8 Å². The molecule has 140 valence electrons. The molecule has 2 fully saturated rings. The Kier molecular flexibility index (Phi) is 3.67. The van der Waals surface area contributed by atoms with Gasteiger partial charge in [-0.3, -0.25) is 19.7 Å². The second-order valence-corrected chi connectivity index (χ2v) is 7.56. The van der Waals surface area contributed by atoms with Crippen molar-refractivity contribution in [2.75, 3.05) is 4.90 Å². The highest BCUT2D eigenvalue weighted by Gasteiger charge is 2.61. The average molecular weight is 397 g/mol. The number of anilines is 1. The first-order chi connectivity index (χ1) is 13.5. The first kappa shape index (κ1) is 17.1. The molecule has 2 aromatic rings. The average Bonchev–Trinajstić information content (AvgIpc) is 3.17. The quantitative estimate of drug-likeness (QED) is 0.626. The number of amides is 2. The highest BCUT2D eigenvalue weighted by Crippen LogP contribution is 2.47. The normalized spacial score (nSPS) is 27.3. The summed E-state index contributed by atoms with van der Waals surface area (Å²) in [7, 11) is 0. The zero-order chi connectivity index (χ0) is 19.6. The Morgan fingerprint density at radius 1 is 1.07 bits per heavy atom. The molecular weight excluding hydrogens is 383 g/mol. The van der Waals surface area contributed by atoms with Crippen molar-refractivity contribution in [1.82, 2.24) is 5.32 Å². The number of halogens is 2. The number of rotatable bonds is 2.